The number of benzene rings is 1. The minimum atomic E-state index is -0.360. The summed E-state index contributed by atoms with van der Waals surface area (Å²) >= 11 is 3.19. The average Bonchev–Trinajstić information content (AvgIpc) is 3.01. The van der Waals surface area contributed by atoms with Gasteiger partial charge < -0.3 is 5.32 Å². The van der Waals surface area contributed by atoms with E-state index < -0.39 is 0 Å². The zero-order valence-corrected chi connectivity index (χ0v) is 16.9. The van der Waals surface area contributed by atoms with Crippen LogP contribution in [-0.2, 0) is 17.6 Å². The number of nitrogens with zero attached hydrogens (tertiary/aromatic N) is 2. The zero-order chi connectivity index (χ0) is 19.0. The van der Waals surface area contributed by atoms with E-state index in [1.807, 2.05) is 13.8 Å². The van der Waals surface area contributed by atoms with Gasteiger partial charge in [-0.15, -0.1) is 11.3 Å². The monoisotopic (exact) mass is 401 g/mol. The molecule has 0 saturated carbocycles. The number of carbonyl (C=O) groups is 1. The van der Waals surface area contributed by atoms with Crippen molar-refractivity contribution in [2.75, 3.05) is 11.1 Å². The van der Waals surface area contributed by atoms with Crippen molar-refractivity contribution in [1.82, 2.24) is 9.97 Å². The second kappa shape index (κ2) is 7.56. The lowest BCUT2D eigenvalue weighted by Crippen LogP contribution is -2.15. The van der Waals surface area contributed by atoms with Gasteiger partial charge in [0.05, 0.1) is 5.75 Å². The second-order valence-corrected chi connectivity index (χ2v) is 8.81. The molecule has 0 radical (unpaired) electrons. The highest BCUT2D eigenvalue weighted by Gasteiger charge is 2.21. The van der Waals surface area contributed by atoms with E-state index in [1.54, 1.807) is 17.4 Å². The molecule has 1 N–H and O–H groups in total. The van der Waals surface area contributed by atoms with Crippen LogP contribution in [0.1, 0.15) is 34.7 Å². The number of carbonyl (C=O) groups excluding carboxylic acids is 1. The summed E-state index contributed by atoms with van der Waals surface area (Å²) in [5, 5.41) is 4.80. The molecular formula is C20H20FN3OS2. The van der Waals surface area contributed by atoms with E-state index in [4.69, 9.17) is 0 Å². The first-order chi connectivity index (χ1) is 13.0. The Balaban J connectivity index is 1.55. The first-order valence-electron chi connectivity index (χ1n) is 8.99. The van der Waals surface area contributed by atoms with Crippen molar-refractivity contribution in [1.29, 1.82) is 0 Å². The molecule has 0 aliphatic heterocycles. The van der Waals surface area contributed by atoms with Gasteiger partial charge in [0.25, 0.3) is 0 Å². The van der Waals surface area contributed by atoms with E-state index in [0.29, 0.717) is 5.69 Å². The standard InChI is InChI=1S/C20H20FN3OS2/c1-11-7-8-13(21)9-15(11)24-17(25)10-26-19-18-14-5-3-4-6-16(14)27-20(18)23-12(2)22-19/h7-9H,3-6,10H2,1-2H3,(H,24,25). The minimum Gasteiger partial charge on any atom is -0.325 e. The molecule has 27 heavy (non-hydrogen) atoms. The smallest absolute Gasteiger partial charge is 0.234 e. The first-order valence-corrected chi connectivity index (χ1v) is 10.8. The van der Waals surface area contributed by atoms with Crippen molar-refractivity contribution < 1.29 is 9.18 Å². The number of aromatic nitrogens is 2. The summed E-state index contributed by atoms with van der Waals surface area (Å²) in [6.07, 6.45) is 4.59. The SMILES string of the molecule is Cc1nc(SCC(=O)Nc2cc(F)ccc2C)c2c3c(sc2n1)CCCC3. The number of aryl methyl sites for hydroxylation is 4. The largest absolute Gasteiger partial charge is 0.325 e. The number of rotatable bonds is 4. The van der Waals surface area contributed by atoms with Gasteiger partial charge in [-0.1, -0.05) is 17.8 Å². The van der Waals surface area contributed by atoms with Crippen molar-refractivity contribution in [2.45, 2.75) is 44.6 Å². The minimum absolute atomic E-state index is 0.165. The number of thioether (sulfide) groups is 1. The van der Waals surface area contributed by atoms with E-state index in [2.05, 4.69) is 15.3 Å². The normalized spacial score (nSPS) is 13.6. The highest BCUT2D eigenvalue weighted by Crippen LogP contribution is 2.39. The molecule has 2 aromatic heterocycles. The number of thiophene rings is 1. The fourth-order valence-corrected chi connectivity index (χ4v) is 5.65. The lowest BCUT2D eigenvalue weighted by Gasteiger charge is -2.12. The Kier molecular flexibility index (Phi) is 5.14. The fourth-order valence-electron chi connectivity index (χ4n) is 3.38. The lowest BCUT2D eigenvalue weighted by molar-refractivity contribution is -0.113. The summed E-state index contributed by atoms with van der Waals surface area (Å²) in [5.74, 6) is 0.431. The number of fused-ring (bicyclic) bond motifs is 3. The molecule has 4 nitrogen and oxygen atoms in total. The molecule has 140 valence electrons. The summed E-state index contributed by atoms with van der Waals surface area (Å²) in [6.45, 7) is 3.73. The Morgan fingerprint density at radius 3 is 2.93 bits per heavy atom. The van der Waals surface area contributed by atoms with Crippen molar-refractivity contribution in [3.8, 4) is 0 Å². The highest BCUT2D eigenvalue weighted by molar-refractivity contribution is 8.00. The maximum atomic E-state index is 13.4. The number of hydrogen-bond donors (Lipinski definition) is 1. The van der Waals surface area contributed by atoms with Crippen LogP contribution in [0, 0.1) is 19.7 Å². The summed E-state index contributed by atoms with van der Waals surface area (Å²) < 4.78 is 13.4. The zero-order valence-electron chi connectivity index (χ0n) is 15.3. The maximum Gasteiger partial charge on any atom is 0.234 e. The van der Waals surface area contributed by atoms with Crippen LogP contribution in [0.2, 0.25) is 0 Å². The van der Waals surface area contributed by atoms with Gasteiger partial charge in [0.1, 0.15) is 21.5 Å². The van der Waals surface area contributed by atoms with Gasteiger partial charge in [0.15, 0.2) is 0 Å². The Morgan fingerprint density at radius 1 is 1.26 bits per heavy atom. The third-order valence-corrected chi connectivity index (χ3v) is 6.87. The predicted octanol–water partition coefficient (Wildman–Crippen LogP) is 5.06. The molecule has 1 aliphatic rings. The van der Waals surface area contributed by atoms with Crippen molar-refractivity contribution >= 4 is 44.9 Å². The van der Waals surface area contributed by atoms with Crippen LogP contribution in [0.3, 0.4) is 0 Å². The maximum absolute atomic E-state index is 13.4. The number of hydrogen-bond acceptors (Lipinski definition) is 5. The Hall–Kier alpha value is -1.99. The van der Waals surface area contributed by atoms with Crippen molar-refractivity contribution in [2.24, 2.45) is 0 Å². The van der Waals surface area contributed by atoms with Crippen LogP contribution < -0.4 is 5.32 Å². The molecular weight excluding hydrogens is 381 g/mol. The van der Waals surface area contributed by atoms with Crippen LogP contribution >= 0.6 is 23.1 Å². The number of amides is 1. The van der Waals surface area contributed by atoms with Crippen LogP contribution in [0.25, 0.3) is 10.2 Å². The summed E-state index contributed by atoms with van der Waals surface area (Å²) in [4.78, 5) is 24.1. The number of nitrogens with one attached hydrogen (secondary N) is 1. The first kappa shape index (κ1) is 18.4. The topological polar surface area (TPSA) is 54.9 Å². The molecule has 2 heterocycles. The predicted molar refractivity (Wildman–Crippen MR) is 109 cm³/mol. The Morgan fingerprint density at radius 2 is 2.07 bits per heavy atom. The molecule has 0 unspecified atom stereocenters. The summed E-state index contributed by atoms with van der Waals surface area (Å²) in [7, 11) is 0. The number of halogens is 1. The van der Waals surface area contributed by atoms with E-state index in [9.17, 15) is 9.18 Å². The van der Waals surface area contributed by atoms with Gasteiger partial charge in [0.2, 0.25) is 5.91 Å². The quantitative estimate of drug-likeness (QED) is 0.491. The summed E-state index contributed by atoms with van der Waals surface area (Å²) in [6, 6.07) is 4.40. The Labute approximate surface area is 165 Å². The molecule has 3 aromatic rings. The van der Waals surface area contributed by atoms with E-state index in [1.165, 1.54) is 47.2 Å². The molecule has 1 aliphatic carbocycles. The lowest BCUT2D eigenvalue weighted by atomic mass is 9.97. The van der Waals surface area contributed by atoms with Crippen molar-refractivity contribution in [3.63, 3.8) is 0 Å². The van der Waals surface area contributed by atoms with Gasteiger partial charge in [-0.2, -0.15) is 0 Å². The number of anilines is 1. The van der Waals surface area contributed by atoms with Gasteiger partial charge in [-0.3, -0.25) is 4.79 Å². The second-order valence-electron chi connectivity index (χ2n) is 6.76. The van der Waals surface area contributed by atoms with Gasteiger partial charge in [-0.25, -0.2) is 14.4 Å². The molecule has 0 fully saturated rings. The average molecular weight is 402 g/mol. The van der Waals surface area contributed by atoms with Crippen LogP contribution in [0.4, 0.5) is 10.1 Å². The molecule has 0 bridgehead atoms. The van der Waals surface area contributed by atoms with Crippen LogP contribution in [0.15, 0.2) is 23.2 Å². The molecule has 1 amide bonds. The molecule has 0 atom stereocenters. The van der Waals surface area contributed by atoms with Crippen molar-refractivity contribution in [3.05, 3.63) is 45.8 Å². The van der Waals surface area contributed by atoms with E-state index in [-0.39, 0.29) is 17.5 Å². The molecule has 1 aromatic carbocycles. The highest BCUT2D eigenvalue weighted by atomic mass is 32.2. The molecule has 7 heteroatoms. The molecule has 4 rings (SSSR count). The van der Waals surface area contributed by atoms with E-state index in [0.717, 1.165) is 39.5 Å². The molecule has 0 spiro atoms. The van der Waals surface area contributed by atoms with Gasteiger partial charge >= 0.3 is 0 Å². The fraction of sp³-hybridized carbons (Fsp3) is 0.350. The third kappa shape index (κ3) is 3.84. The third-order valence-electron chi connectivity index (χ3n) is 4.71. The van der Waals surface area contributed by atoms with Gasteiger partial charge in [0, 0.05) is 16.0 Å². The Bertz CT molecular complexity index is 1030. The van der Waals surface area contributed by atoms with Gasteiger partial charge in [-0.05, 0) is 62.8 Å². The molecule has 0 saturated heterocycles. The summed E-state index contributed by atoms with van der Waals surface area (Å²) in [5.41, 5.74) is 2.71. The van der Waals surface area contributed by atoms with Crippen LogP contribution in [-0.4, -0.2) is 21.6 Å². The van der Waals surface area contributed by atoms with E-state index >= 15 is 0 Å². The van der Waals surface area contributed by atoms with Crippen LogP contribution in [0.5, 0.6) is 0 Å².